The van der Waals surface area contributed by atoms with Crippen molar-refractivity contribution in [1.29, 1.82) is 5.26 Å². The van der Waals surface area contributed by atoms with Gasteiger partial charge in [0.15, 0.2) is 0 Å². The van der Waals surface area contributed by atoms with Gasteiger partial charge in [0, 0.05) is 19.2 Å². The smallest absolute Gasteiger partial charge is 0.313 e. The van der Waals surface area contributed by atoms with E-state index in [0.717, 1.165) is 11.8 Å². The number of nitrogens with zero attached hydrogens (tertiary/aromatic N) is 2. The molecule has 0 radical (unpaired) electrons. The zero-order chi connectivity index (χ0) is 15.1. The van der Waals surface area contributed by atoms with Crippen molar-refractivity contribution in [2.45, 2.75) is 6.54 Å². The van der Waals surface area contributed by atoms with Crippen LogP contribution in [0.5, 0.6) is 0 Å². The Kier molecular flexibility index (Phi) is 6.00. The van der Waals surface area contributed by atoms with E-state index in [9.17, 15) is 14.0 Å². The molecule has 1 aromatic carbocycles. The first-order valence-electron chi connectivity index (χ1n) is 5.66. The number of carboxylic acid groups (broad SMARTS) is 1. The predicted octanol–water partition coefficient (Wildman–Crippen LogP) is 1.47. The number of thioether (sulfide) groups is 1. The molecule has 0 saturated carbocycles. The van der Waals surface area contributed by atoms with Crippen molar-refractivity contribution >= 4 is 23.6 Å². The lowest BCUT2D eigenvalue weighted by Crippen LogP contribution is -2.28. The average Bonchev–Trinajstić information content (AvgIpc) is 2.40. The Hall–Kier alpha value is -2.07. The summed E-state index contributed by atoms with van der Waals surface area (Å²) in [5.74, 6) is -1.90. The van der Waals surface area contributed by atoms with E-state index in [1.807, 2.05) is 6.07 Å². The van der Waals surface area contributed by atoms with Gasteiger partial charge < -0.3 is 10.0 Å². The highest BCUT2D eigenvalue weighted by Gasteiger charge is 2.13. The van der Waals surface area contributed by atoms with Crippen LogP contribution in [0, 0.1) is 17.1 Å². The van der Waals surface area contributed by atoms with Gasteiger partial charge in [-0.2, -0.15) is 5.26 Å². The number of carbonyl (C=O) groups is 2. The predicted molar refractivity (Wildman–Crippen MR) is 72.5 cm³/mol. The van der Waals surface area contributed by atoms with Gasteiger partial charge in [-0.1, -0.05) is 0 Å². The van der Waals surface area contributed by atoms with Crippen LogP contribution < -0.4 is 0 Å². The molecule has 0 aliphatic carbocycles. The van der Waals surface area contributed by atoms with Crippen LogP contribution in [-0.2, 0) is 16.1 Å². The number of aliphatic carboxylic acids is 1. The number of nitriles is 1. The Morgan fingerprint density at radius 2 is 2.15 bits per heavy atom. The second kappa shape index (κ2) is 7.50. The summed E-state index contributed by atoms with van der Waals surface area (Å²) in [4.78, 5) is 23.4. The molecule has 0 saturated heterocycles. The maximum absolute atomic E-state index is 13.6. The second-order valence-corrected chi connectivity index (χ2v) is 5.04. The molecular weight excluding hydrogens is 283 g/mol. The molecule has 1 amide bonds. The topological polar surface area (TPSA) is 81.4 Å². The van der Waals surface area contributed by atoms with Gasteiger partial charge in [-0.05, 0) is 18.2 Å². The molecular formula is C13H13FN2O3S. The molecule has 0 aliphatic heterocycles. The number of hydrogen-bond acceptors (Lipinski definition) is 4. The standard InChI is InChI=1S/C13H13FN2O3S/c1-16(12(17)7-20-8-13(18)19)6-10-4-9(5-15)2-3-11(10)14/h2-4H,6-8H2,1H3,(H,18,19). The molecule has 0 aliphatic rings. The Labute approximate surface area is 120 Å². The number of rotatable bonds is 6. The van der Waals surface area contributed by atoms with Gasteiger partial charge in [0.1, 0.15) is 5.82 Å². The Bertz CT molecular complexity index is 557. The molecule has 7 heteroatoms. The van der Waals surface area contributed by atoms with Crippen LogP contribution in [-0.4, -0.2) is 40.4 Å². The third-order valence-corrected chi connectivity index (χ3v) is 3.36. The van der Waals surface area contributed by atoms with E-state index < -0.39 is 11.8 Å². The zero-order valence-corrected chi connectivity index (χ0v) is 11.6. The van der Waals surface area contributed by atoms with Crippen LogP contribution in [0.2, 0.25) is 0 Å². The lowest BCUT2D eigenvalue weighted by Gasteiger charge is -2.17. The SMILES string of the molecule is CN(Cc1cc(C#N)ccc1F)C(=O)CSCC(=O)O. The minimum Gasteiger partial charge on any atom is -0.481 e. The van der Waals surface area contributed by atoms with Crippen molar-refractivity contribution < 1.29 is 19.1 Å². The van der Waals surface area contributed by atoms with Crippen LogP contribution in [0.4, 0.5) is 4.39 Å². The molecule has 1 aromatic rings. The van der Waals surface area contributed by atoms with Crippen molar-refractivity contribution in [2.24, 2.45) is 0 Å². The highest BCUT2D eigenvalue weighted by atomic mass is 32.2. The quantitative estimate of drug-likeness (QED) is 0.859. The molecule has 0 bridgehead atoms. The first-order valence-corrected chi connectivity index (χ1v) is 6.81. The number of benzene rings is 1. The molecule has 0 aromatic heterocycles. The van der Waals surface area contributed by atoms with Crippen LogP contribution in [0.15, 0.2) is 18.2 Å². The third kappa shape index (κ3) is 4.90. The largest absolute Gasteiger partial charge is 0.481 e. The number of hydrogen-bond donors (Lipinski definition) is 1. The summed E-state index contributed by atoms with van der Waals surface area (Å²) in [6.07, 6.45) is 0. The molecule has 20 heavy (non-hydrogen) atoms. The van der Waals surface area contributed by atoms with Crippen molar-refractivity contribution in [1.82, 2.24) is 4.90 Å². The summed E-state index contributed by atoms with van der Waals surface area (Å²) in [7, 11) is 1.50. The molecule has 0 unspecified atom stereocenters. The van der Waals surface area contributed by atoms with E-state index in [1.165, 1.54) is 30.1 Å². The summed E-state index contributed by atoms with van der Waals surface area (Å²) < 4.78 is 13.6. The number of halogens is 1. The van der Waals surface area contributed by atoms with Gasteiger partial charge in [-0.15, -0.1) is 11.8 Å². The molecule has 0 spiro atoms. The number of amides is 1. The molecule has 0 fully saturated rings. The lowest BCUT2D eigenvalue weighted by molar-refractivity contribution is -0.133. The van der Waals surface area contributed by atoms with Gasteiger partial charge in [-0.3, -0.25) is 9.59 Å². The summed E-state index contributed by atoms with van der Waals surface area (Å²) in [6.45, 7) is 0.0355. The first-order chi connectivity index (χ1) is 9.43. The normalized spacial score (nSPS) is 9.85. The Morgan fingerprint density at radius 1 is 1.45 bits per heavy atom. The van der Waals surface area contributed by atoms with Gasteiger partial charge in [-0.25, -0.2) is 4.39 Å². The van der Waals surface area contributed by atoms with E-state index in [1.54, 1.807) is 0 Å². The average molecular weight is 296 g/mol. The van der Waals surface area contributed by atoms with Crippen LogP contribution in [0.25, 0.3) is 0 Å². The molecule has 1 rings (SSSR count). The molecule has 5 nitrogen and oxygen atoms in total. The summed E-state index contributed by atoms with van der Waals surface area (Å²) in [5.41, 5.74) is 0.575. The first kappa shape index (κ1) is 16.0. The van der Waals surface area contributed by atoms with E-state index in [2.05, 4.69) is 0 Å². The molecule has 0 atom stereocenters. The van der Waals surface area contributed by atoms with E-state index in [4.69, 9.17) is 10.4 Å². The minimum atomic E-state index is -0.988. The minimum absolute atomic E-state index is 0.0162. The van der Waals surface area contributed by atoms with Crippen molar-refractivity contribution in [3.8, 4) is 6.07 Å². The summed E-state index contributed by atoms with van der Waals surface area (Å²) in [6, 6.07) is 5.85. The van der Waals surface area contributed by atoms with Gasteiger partial charge in [0.05, 0.1) is 23.1 Å². The van der Waals surface area contributed by atoms with Crippen molar-refractivity contribution in [2.75, 3.05) is 18.6 Å². The third-order valence-electron chi connectivity index (χ3n) is 2.46. The highest BCUT2D eigenvalue weighted by Crippen LogP contribution is 2.13. The maximum atomic E-state index is 13.6. The van der Waals surface area contributed by atoms with Crippen LogP contribution in [0.1, 0.15) is 11.1 Å². The van der Waals surface area contributed by atoms with Crippen molar-refractivity contribution in [3.63, 3.8) is 0 Å². The van der Waals surface area contributed by atoms with Crippen LogP contribution >= 0.6 is 11.8 Å². The monoisotopic (exact) mass is 296 g/mol. The van der Waals surface area contributed by atoms with Gasteiger partial charge in [0.25, 0.3) is 0 Å². The second-order valence-electron chi connectivity index (χ2n) is 4.05. The lowest BCUT2D eigenvalue weighted by atomic mass is 10.1. The van der Waals surface area contributed by atoms with Gasteiger partial charge >= 0.3 is 5.97 Å². The summed E-state index contributed by atoms with van der Waals surface area (Å²) >= 11 is 0.983. The van der Waals surface area contributed by atoms with E-state index in [0.29, 0.717) is 5.56 Å². The molecule has 0 heterocycles. The fourth-order valence-electron chi connectivity index (χ4n) is 1.44. The fraction of sp³-hybridized carbons (Fsp3) is 0.308. The van der Waals surface area contributed by atoms with Crippen LogP contribution in [0.3, 0.4) is 0 Å². The Balaban J connectivity index is 2.61. The number of carbonyl (C=O) groups excluding carboxylic acids is 1. The molecule has 1 N–H and O–H groups in total. The zero-order valence-electron chi connectivity index (χ0n) is 10.8. The Morgan fingerprint density at radius 3 is 2.75 bits per heavy atom. The van der Waals surface area contributed by atoms with Crippen molar-refractivity contribution in [3.05, 3.63) is 35.1 Å². The molecule has 106 valence electrons. The van der Waals surface area contributed by atoms with E-state index in [-0.39, 0.29) is 29.5 Å². The van der Waals surface area contributed by atoms with Gasteiger partial charge in [0.2, 0.25) is 5.91 Å². The highest BCUT2D eigenvalue weighted by molar-refractivity contribution is 8.00. The maximum Gasteiger partial charge on any atom is 0.313 e. The number of carboxylic acids is 1. The summed E-state index contributed by atoms with van der Waals surface area (Å²) in [5, 5.41) is 17.2. The van der Waals surface area contributed by atoms with E-state index >= 15 is 0 Å². The fourth-order valence-corrected chi connectivity index (χ4v) is 2.12.